The minimum atomic E-state index is -0.482. The van der Waals surface area contributed by atoms with Gasteiger partial charge in [-0.25, -0.2) is 4.79 Å². The van der Waals surface area contributed by atoms with E-state index < -0.39 is 11.7 Å². The van der Waals surface area contributed by atoms with Crippen LogP contribution in [0.2, 0.25) is 0 Å². The smallest absolute Gasteiger partial charge is 0.407 e. The van der Waals surface area contributed by atoms with Crippen LogP contribution in [0.25, 0.3) is 0 Å². The molecule has 0 aliphatic carbocycles. The highest BCUT2D eigenvalue weighted by molar-refractivity contribution is 14.0. The molecule has 148 valence electrons. The molecular formula is C19H33IN4O2. The van der Waals surface area contributed by atoms with E-state index in [1.165, 1.54) is 11.1 Å². The van der Waals surface area contributed by atoms with Gasteiger partial charge in [-0.2, -0.15) is 0 Å². The van der Waals surface area contributed by atoms with Crippen LogP contribution in [0.4, 0.5) is 4.79 Å². The highest BCUT2D eigenvalue weighted by Crippen LogP contribution is 2.06. The molecular weight excluding hydrogens is 443 g/mol. The fraction of sp³-hybridized carbons (Fsp3) is 0.579. The summed E-state index contributed by atoms with van der Waals surface area (Å²) in [7, 11) is 0. The highest BCUT2D eigenvalue weighted by Gasteiger charge is 2.15. The number of aryl methyl sites for hydroxylation is 1. The lowest BCUT2D eigenvalue weighted by atomic mass is 10.1. The average molecular weight is 476 g/mol. The van der Waals surface area contributed by atoms with Gasteiger partial charge in [0.05, 0.1) is 0 Å². The Kier molecular flexibility index (Phi) is 12.0. The molecule has 0 saturated heterocycles. The van der Waals surface area contributed by atoms with Gasteiger partial charge in [0.1, 0.15) is 5.60 Å². The molecule has 0 saturated carbocycles. The molecule has 0 bridgehead atoms. The molecule has 1 amide bonds. The lowest BCUT2D eigenvalue weighted by Gasteiger charge is -2.19. The van der Waals surface area contributed by atoms with E-state index in [2.05, 4.69) is 52.1 Å². The molecule has 0 radical (unpaired) electrons. The molecule has 6 nitrogen and oxygen atoms in total. The Hall–Kier alpha value is -1.51. The molecule has 0 aliphatic rings. The van der Waals surface area contributed by atoms with Gasteiger partial charge in [-0.05, 0) is 46.6 Å². The van der Waals surface area contributed by atoms with Gasteiger partial charge in [-0.1, -0.05) is 29.8 Å². The number of aliphatic imine (C=N–C) groups is 1. The Morgan fingerprint density at radius 2 is 1.69 bits per heavy atom. The molecule has 1 rings (SSSR count). The molecule has 26 heavy (non-hydrogen) atoms. The summed E-state index contributed by atoms with van der Waals surface area (Å²) in [5.74, 6) is 0.751. The Labute approximate surface area is 174 Å². The Morgan fingerprint density at radius 3 is 2.27 bits per heavy atom. The van der Waals surface area contributed by atoms with E-state index in [0.717, 1.165) is 18.9 Å². The summed E-state index contributed by atoms with van der Waals surface area (Å²) in [5, 5.41) is 9.12. The van der Waals surface area contributed by atoms with E-state index in [9.17, 15) is 4.79 Å². The summed E-state index contributed by atoms with van der Waals surface area (Å²) in [4.78, 5) is 16.1. The zero-order valence-corrected chi connectivity index (χ0v) is 18.8. The van der Waals surface area contributed by atoms with Gasteiger partial charge in [0.25, 0.3) is 0 Å². The Bertz CT molecular complexity index is 554. The highest BCUT2D eigenvalue weighted by atomic mass is 127. The lowest BCUT2D eigenvalue weighted by molar-refractivity contribution is 0.0529. The first-order chi connectivity index (χ1) is 11.8. The van der Waals surface area contributed by atoms with Crippen molar-refractivity contribution in [1.82, 2.24) is 16.0 Å². The monoisotopic (exact) mass is 476 g/mol. The summed E-state index contributed by atoms with van der Waals surface area (Å²) < 4.78 is 5.19. The van der Waals surface area contributed by atoms with Crippen molar-refractivity contribution in [3.05, 3.63) is 35.4 Å². The number of hydrogen-bond donors (Lipinski definition) is 3. The van der Waals surface area contributed by atoms with Crippen LogP contribution in [0.1, 0.15) is 38.8 Å². The maximum Gasteiger partial charge on any atom is 0.407 e. The molecule has 3 N–H and O–H groups in total. The number of amides is 1. The quantitative estimate of drug-likeness (QED) is 0.245. The van der Waals surface area contributed by atoms with Gasteiger partial charge >= 0.3 is 6.09 Å². The van der Waals surface area contributed by atoms with Gasteiger partial charge in [-0.15, -0.1) is 24.0 Å². The van der Waals surface area contributed by atoms with Gasteiger partial charge in [0.2, 0.25) is 0 Å². The predicted molar refractivity (Wildman–Crippen MR) is 119 cm³/mol. The van der Waals surface area contributed by atoms with Gasteiger partial charge in [0.15, 0.2) is 5.96 Å². The molecule has 0 unspecified atom stereocenters. The SMILES string of the molecule is CCNC(=NCCc1ccc(C)cc1)NCCNC(=O)OC(C)(C)C.I. The number of ether oxygens (including phenoxy) is 1. The molecule has 0 atom stereocenters. The van der Waals surface area contributed by atoms with E-state index >= 15 is 0 Å². The van der Waals surface area contributed by atoms with Gasteiger partial charge in [-0.3, -0.25) is 4.99 Å². The first kappa shape index (κ1) is 24.5. The number of nitrogens with zero attached hydrogens (tertiary/aromatic N) is 1. The first-order valence-corrected chi connectivity index (χ1v) is 8.84. The van der Waals surface area contributed by atoms with Crippen molar-refractivity contribution < 1.29 is 9.53 Å². The minimum Gasteiger partial charge on any atom is -0.444 e. The number of rotatable bonds is 7. The van der Waals surface area contributed by atoms with Crippen LogP contribution >= 0.6 is 24.0 Å². The van der Waals surface area contributed by atoms with E-state index in [1.807, 2.05) is 27.7 Å². The number of nitrogens with one attached hydrogen (secondary N) is 3. The normalized spacial score (nSPS) is 11.3. The second-order valence-corrected chi connectivity index (χ2v) is 6.85. The Balaban J connectivity index is 0.00000625. The third-order valence-electron chi connectivity index (χ3n) is 3.22. The van der Waals surface area contributed by atoms with Crippen LogP contribution in [0.3, 0.4) is 0 Å². The largest absolute Gasteiger partial charge is 0.444 e. The zero-order chi connectivity index (χ0) is 18.7. The number of alkyl carbamates (subject to hydrolysis) is 1. The van der Waals surface area contributed by atoms with Crippen molar-refractivity contribution in [2.75, 3.05) is 26.2 Å². The van der Waals surface area contributed by atoms with Crippen molar-refractivity contribution in [3.8, 4) is 0 Å². The van der Waals surface area contributed by atoms with Crippen molar-refractivity contribution in [2.24, 2.45) is 4.99 Å². The van der Waals surface area contributed by atoms with Crippen LogP contribution in [-0.2, 0) is 11.2 Å². The van der Waals surface area contributed by atoms with Crippen molar-refractivity contribution in [1.29, 1.82) is 0 Å². The van der Waals surface area contributed by atoms with Gasteiger partial charge in [0, 0.05) is 26.2 Å². The molecule has 0 heterocycles. The van der Waals surface area contributed by atoms with Crippen molar-refractivity contribution in [2.45, 2.75) is 46.6 Å². The molecule has 0 aliphatic heterocycles. The molecule has 0 fully saturated rings. The standard InChI is InChI=1S/C19H32N4O2.HI/c1-6-20-17(21-12-11-16-9-7-15(2)8-10-16)22-13-14-23-18(24)25-19(3,4)5;/h7-10H,6,11-14H2,1-5H3,(H,23,24)(H2,20,21,22);1H. The Morgan fingerprint density at radius 1 is 1.08 bits per heavy atom. The van der Waals surface area contributed by atoms with Gasteiger partial charge < -0.3 is 20.7 Å². The van der Waals surface area contributed by atoms with Crippen LogP contribution in [0.15, 0.2) is 29.3 Å². The molecule has 0 spiro atoms. The fourth-order valence-corrected chi connectivity index (χ4v) is 2.05. The summed E-state index contributed by atoms with van der Waals surface area (Å²) in [6, 6.07) is 8.50. The van der Waals surface area contributed by atoms with E-state index in [-0.39, 0.29) is 24.0 Å². The fourth-order valence-electron chi connectivity index (χ4n) is 2.05. The van der Waals surface area contributed by atoms with Crippen LogP contribution < -0.4 is 16.0 Å². The van der Waals surface area contributed by atoms with Crippen molar-refractivity contribution >= 4 is 36.0 Å². The third kappa shape index (κ3) is 11.9. The predicted octanol–water partition coefficient (Wildman–Crippen LogP) is 3.24. The van der Waals surface area contributed by atoms with Crippen LogP contribution in [0.5, 0.6) is 0 Å². The number of guanidine groups is 1. The maximum absolute atomic E-state index is 11.6. The minimum absolute atomic E-state index is 0. The second-order valence-electron chi connectivity index (χ2n) is 6.85. The number of benzene rings is 1. The molecule has 0 aromatic heterocycles. The number of carbonyl (C=O) groups is 1. The van der Waals surface area contributed by atoms with Crippen LogP contribution in [-0.4, -0.2) is 43.8 Å². The molecule has 1 aromatic rings. The van der Waals surface area contributed by atoms with Crippen molar-refractivity contribution in [3.63, 3.8) is 0 Å². The lowest BCUT2D eigenvalue weighted by Crippen LogP contribution is -2.42. The number of carbonyl (C=O) groups excluding carboxylic acids is 1. The summed E-state index contributed by atoms with van der Waals surface area (Å²) in [5.41, 5.74) is 2.06. The third-order valence-corrected chi connectivity index (χ3v) is 3.22. The second kappa shape index (κ2) is 12.8. The first-order valence-electron chi connectivity index (χ1n) is 8.84. The zero-order valence-electron chi connectivity index (χ0n) is 16.5. The van der Waals surface area contributed by atoms with Crippen LogP contribution in [0, 0.1) is 6.92 Å². The molecule has 1 aromatic carbocycles. The van der Waals surface area contributed by atoms with E-state index in [4.69, 9.17) is 4.74 Å². The summed E-state index contributed by atoms with van der Waals surface area (Å²) in [6.45, 7) is 12.2. The number of hydrogen-bond acceptors (Lipinski definition) is 3. The molecule has 7 heteroatoms. The number of halogens is 1. The average Bonchev–Trinajstić information content (AvgIpc) is 2.51. The summed E-state index contributed by atoms with van der Waals surface area (Å²) in [6.07, 6.45) is 0.489. The maximum atomic E-state index is 11.6. The topological polar surface area (TPSA) is 74.8 Å². The summed E-state index contributed by atoms with van der Waals surface area (Å²) >= 11 is 0. The van der Waals surface area contributed by atoms with E-state index in [1.54, 1.807) is 0 Å². The van der Waals surface area contributed by atoms with E-state index in [0.29, 0.717) is 19.6 Å².